The van der Waals surface area contributed by atoms with E-state index in [2.05, 4.69) is 38.4 Å². The van der Waals surface area contributed by atoms with E-state index in [1.807, 2.05) is 18.2 Å². The van der Waals surface area contributed by atoms with Gasteiger partial charge in [-0.05, 0) is 96.1 Å². The van der Waals surface area contributed by atoms with Gasteiger partial charge in [0, 0.05) is 26.8 Å². The number of hydrogen-bond acceptors (Lipinski definition) is 7. The summed E-state index contributed by atoms with van der Waals surface area (Å²) < 4.78 is 11.5. The first-order valence-corrected chi connectivity index (χ1v) is 13.3. The highest BCUT2D eigenvalue weighted by Crippen LogP contribution is 2.33. The molecule has 0 aliphatic carbocycles. The standard InChI is InChI=1S/C28H23IN4O7/c1-15(28(37)38)33-21-9-6-18(29)13-20(21)25(27(33)36)31-32-26(35)17-4-7-19(8-5-17)30-24(34)11-3-16-2-10-22-23(12-16)40-14-39-22/h2,4-10,12-13,15H,3,11,14H2,1H3,(H,30,34)(H,32,35)(H,37,38)/b31-25-. The van der Waals surface area contributed by atoms with Gasteiger partial charge in [-0.25, -0.2) is 10.2 Å². The van der Waals surface area contributed by atoms with Crippen molar-refractivity contribution in [3.05, 3.63) is 80.9 Å². The molecule has 0 fully saturated rings. The minimum atomic E-state index is -1.16. The van der Waals surface area contributed by atoms with Crippen molar-refractivity contribution in [2.45, 2.75) is 25.8 Å². The number of fused-ring (bicyclic) bond motifs is 2. The van der Waals surface area contributed by atoms with Gasteiger partial charge in [0.1, 0.15) is 6.04 Å². The summed E-state index contributed by atoms with van der Waals surface area (Å²) in [6.45, 7) is 1.60. The minimum absolute atomic E-state index is 0.0543. The van der Waals surface area contributed by atoms with Crippen LogP contribution in [-0.2, 0) is 20.8 Å². The second kappa shape index (κ2) is 11.3. The number of benzene rings is 3. The number of carboxylic acid groups (broad SMARTS) is 1. The summed E-state index contributed by atoms with van der Waals surface area (Å²) in [5, 5.41) is 16.3. The maximum atomic E-state index is 13.0. The lowest BCUT2D eigenvalue weighted by Crippen LogP contribution is -2.43. The maximum Gasteiger partial charge on any atom is 0.326 e. The van der Waals surface area contributed by atoms with E-state index in [4.69, 9.17) is 9.47 Å². The Bertz CT molecular complexity index is 1550. The van der Waals surface area contributed by atoms with E-state index < -0.39 is 23.8 Å². The molecule has 5 rings (SSSR count). The highest BCUT2D eigenvalue weighted by atomic mass is 127. The summed E-state index contributed by atoms with van der Waals surface area (Å²) in [6, 6.07) is 15.8. The molecule has 3 N–H and O–H groups in total. The van der Waals surface area contributed by atoms with Crippen LogP contribution in [0.25, 0.3) is 0 Å². The molecule has 1 atom stereocenters. The number of hydrogen-bond donors (Lipinski definition) is 3. The van der Waals surface area contributed by atoms with E-state index >= 15 is 0 Å². The molecule has 40 heavy (non-hydrogen) atoms. The fraction of sp³-hybridized carbons (Fsp3) is 0.179. The average molecular weight is 654 g/mol. The SMILES string of the molecule is CC(C(=O)O)N1C(=O)/C(=N\NC(=O)c2ccc(NC(=O)CCc3ccc4c(c3)OCO4)cc2)c2cc(I)ccc21. The zero-order chi connectivity index (χ0) is 28.4. The predicted octanol–water partition coefficient (Wildman–Crippen LogP) is 3.55. The Morgan fingerprint density at radius 3 is 2.55 bits per heavy atom. The molecule has 1 unspecified atom stereocenters. The molecule has 3 amide bonds. The Morgan fingerprint density at radius 1 is 1.05 bits per heavy atom. The molecule has 3 aromatic rings. The lowest BCUT2D eigenvalue weighted by Gasteiger charge is -2.21. The van der Waals surface area contributed by atoms with Crippen LogP contribution in [0.1, 0.15) is 34.8 Å². The topological polar surface area (TPSA) is 147 Å². The first-order chi connectivity index (χ1) is 19.2. The number of hydrazone groups is 1. The molecule has 0 radical (unpaired) electrons. The molecule has 12 heteroatoms. The van der Waals surface area contributed by atoms with Gasteiger partial charge in [0.15, 0.2) is 17.2 Å². The molecular weight excluding hydrogens is 631 g/mol. The van der Waals surface area contributed by atoms with Gasteiger partial charge in [0.2, 0.25) is 12.7 Å². The van der Waals surface area contributed by atoms with Crippen molar-refractivity contribution >= 4 is 63.4 Å². The summed E-state index contributed by atoms with van der Waals surface area (Å²) in [4.78, 5) is 50.9. The van der Waals surface area contributed by atoms with Crippen LogP contribution >= 0.6 is 22.6 Å². The number of amides is 3. The normalized spacial score (nSPS) is 15.1. The Balaban J connectivity index is 1.20. The van der Waals surface area contributed by atoms with Gasteiger partial charge >= 0.3 is 5.97 Å². The number of ether oxygens (including phenoxy) is 2. The summed E-state index contributed by atoms with van der Waals surface area (Å²) >= 11 is 2.08. The summed E-state index contributed by atoms with van der Waals surface area (Å²) in [5.41, 5.74) is 4.90. The number of anilines is 2. The van der Waals surface area contributed by atoms with E-state index in [-0.39, 0.29) is 30.4 Å². The van der Waals surface area contributed by atoms with Crippen molar-refractivity contribution in [2.75, 3.05) is 17.0 Å². The van der Waals surface area contributed by atoms with Crippen LogP contribution in [0.4, 0.5) is 11.4 Å². The smallest absolute Gasteiger partial charge is 0.326 e. The Morgan fingerprint density at radius 2 is 1.80 bits per heavy atom. The second-order valence-corrected chi connectivity index (χ2v) is 10.3. The number of aliphatic carboxylic acids is 1. The highest BCUT2D eigenvalue weighted by molar-refractivity contribution is 14.1. The van der Waals surface area contributed by atoms with E-state index in [9.17, 15) is 24.3 Å². The monoisotopic (exact) mass is 654 g/mol. The van der Waals surface area contributed by atoms with Crippen molar-refractivity contribution in [1.82, 2.24) is 5.43 Å². The lowest BCUT2D eigenvalue weighted by molar-refractivity contribution is -0.139. The van der Waals surface area contributed by atoms with Crippen LogP contribution in [0.5, 0.6) is 11.5 Å². The lowest BCUT2D eigenvalue weighted by atomic mass is 10.1. The quantitative estimate of drug-likeness (QED) is 0.249. The van der Waals surface area contributed by atoms with Gasteiger partial charge in [0.25, 0.3) is 11.8 Å². The van der Waals surface area contributed by atoms with Gasteiger partial charge in [-0.15, -0.1) is 0 Å². The number of nitrogens with zero attached hydrogens (tertiary/aromatic N) is 2. The number of halogens is 1. The van der Waals surface area contributed by atoms with Crippen LogP contribution in [0.3, 0.4) is 0 Å². The summed E-state index contributed by atoms with van der Waals surface area (Å²) in [5.74, 6) is -1.19. The first kappa shape index (κ1) is 27.1. The number of aryl methyl sites for hydroxylation is 1. The Labute approximate surface area is 242 Å². The van der Waals surface area contributed by atoms with Crippen molar-refractivity contribution in [2.24, 2.45) is 5.10 Å². The first-order valence-electron chi connectivity index (χ1n) is 12.2. The molecule has 2 aliphatic heterocycles. The van der Waals surface area contributed by atoms with E-state index in [1.165, 1.54) is 19.1 Å². The molecule has 0 saturated heterocycles. The summed E-state index contributed by atoms with van der Waals surface area (Å²) in [7, 11) is 0. The van der Waals surface area contributed by atoms with Gasteiger partial charge in [-0.2, -0.15) is 5.10 Å². The average Bonchev–Trinajstić information content (AvgIpc) is 3.51. The third-order valence-corrected chi connectivity index (χ3v) is 7.09. The molecule has 204 valence electrons. The van der Waals surface area contributed by atoms with Gasteiger partial charge in [-0.1, -0.05) is 6.07 Å². The third kappa shape index (κ3) is 5.61. The summed E-state index contributed by atoms with van der Waals surface area (Å²) in [6.07, 6.45) is 0.776. The third-order valence-electron chi connectivity index (χ3n) is 6.42. The molecule has 0 aromatic heterocycles. The molecule has 2 heterocycles. The zero-order valence-electron chi connectivity index (χ0n) is 21.1. The second-order valence-electron chi connectivity index (χ2n) is 9.07. The highest BCUT2D eigenvalue weighted by Gasteiger charge is 2.39. The van der Waals surface area contributed by atoms with E-state index in [1.54, 1.807) is 30.3 Å². The fourth-order valence-corrected chi connectivity index (χ4v) is 4.79. The van der Waals surface area contributed by atoms with Crippen LogP contribution < -0.4 is 25.1 Å². The van der Waals surface area contributed by atoms with Crippen molar-refractivity contribution in [3.63, 3.8) is 0 Å². The molecule has 2 aliphatic rings. The molecule has 0 spiro atoms. The number of rotatable bonds is 8. The van der Waals surface area contributed by atoms with Crippen molar-refractivity contribution in [1.29, 1.82) is 0 Å². The van der Waals surface area contributed by atoms with Gasteiger partial charge < -0.3 is 19.9 Å². The zero-order valence-corrected chi connectivity index (χ0v) is 23.3. The number of nitrogens with one attached hydrogen (secondary N) is 2. The molecular formula is C28H23IN4O7. The van der Waals surface area contributed by atoms with Crippen LogP contribution in [0, 0.1) is 3.57 Å². The van der Waals surface area contributed by atoms with Crippen molar-refractivity contribution in [3.8, 4) is 11.5 Å². The van der Waals surface area contributed by atoms with Gasteiger partial charge in [0.05, 0.1) is 5.69 Å². The number of carboxylic acids is 1. The molecule has 3 aromatic carbocycles. The minimum Gasteiger partial charge on any atom is -0.480 e. The molecule has 0 saturated carbocycles. The number of carbonyl (C=O) groups is 4. The van der Waals surface area contributed by atoms with Crippen LogP contribution in [0.15, 0.2) is 65.8 Å². The maximum absolute atomic E-state index is 13.0. The van der Waals surface area contributed by atoms with Crippen LogP contribution in [0.2, 0.25) is 0 Å². The van der Waals surface area contributed by atoms with E-state index in [0.29, 0.717) is 34.9 Å². The fourth-order valence-electron chi connectivity index (χ4n) is 4.30. The number of carbonyl (C=O) groups excluding carboxylic acids is 3. The molecule has 0 bridgehead atoms. The van der Waals surface area contributed by atoms with Gasteiger partial charge in [-0.3, -0.25) is 19.3 Å². The predicted molar refractivity (Wildman–Crippen MR) is 154 cm³/mol. The Kier molecular flexibility index (Phi) is 7.69. The molecule has 11 nitrogen and oxygen atoms in total. The largest absolute Gasteiger partial charge is 0.480 e. The Hall–Kier alpha value is -4.46. The van der Waals surface area contributed by atoms with Crippen LogP contribution in [-0.4, -0.2) is 47.3 Å². The van der Waals surface area contributed by atoms with E-state index in [0.717, 1.165) is 14.0 Å². The van der Waals surface area contributed by atoms with Crippen molar-refractivity contribution < 1.29 is 33.8 Å².